The van der Waals surface area contributed by atoms with E-state index in [2.05, 4.69) is 34.1 Å². The number of ether oxygens (including phenoxy) is 3. The van der Waals surface area contributed by atoms with Crippen molar-refractivity contribution in [2.45, 2.75) is 76.2 Å². The summed E-state index contributed by atoms with van der Waals surface area (Å²) in [5.74, 6) is -1.56. The van der Waals surface area contributed by atoms with Crippen LogP contribution in [-0.4, -0.2) is 73.6 Å². The first-order chi connectivity index (χ1) is 31.0. The van der Waals surface area contributed by atoms with E-state index in [1.54, 1.807) is 6.08 Å². The Hall–Kier alpha value is -7.19. The molecular formula is C50H59N7O7. The zero-order valence-corrected chi connectivity index (χ0v) is 36.3. The molecule has 0 fully saturated rings. The minimum Gasteiger partial charge on any atom is -0.489 e. The van der Waals surface area contributed by atoms with Crippen LogP contribution in [0.3, 0.4) is 0 Å². The molecule has 9 N–H and O–H groups in total. The van der Waals surface area contributed by atoms with Crippen LogP contribution in [0.2, 0.25) is 0 Å². The maximum absolute atomic E-state index is 14.1. The monoisotopic (exact) mass is 869 g/mol. The molecule has 0 aromatic heterocycles. The smallest absolute Gasteiger partial charge is 0.329 e. The first kappa shape index (κ1) is 47.9. The van der Waals surface area contributed by atoms with Gasteiger partial charge in [0.1, 0.15) is 42.8 Å². The lowest BCUT2D eigenvalue weighted by molar-refractivity contribution is -0.149. The van der Waals surface area contributed by atoms with Gasteiger partial charge in [0.25, 0.3) is 5.91 Å². The second-order valence-electron chi connectivity index (χ2n) is 15.4. The number of fused-ring (bicyclic) bond motifs is 2. The van der Waals surface area contributed by atoms with Gasteiger partial charge in [-0.1, -0.05) is 110 Å². The highest BCUT2D eigenvalue weighted by Crippen LogP contribution is 2.45. The SMILES string of the molecule is C=CCOc1ccc2ccccc2c1-c1c(OCC(=O)N[C@H](CCC[C@H](C)N)C(=O)N[C@H](CCCN=C(N)N)C(=O)N[C@@H](CC=C)C(=O)OCc2ccccc2)ccc2ccccc12. The molecule has 5 aromatic carbocycles. The summed E-state index contributed by atoms with van der Waals surface area (Å²) in [7, 11) is 0. The second kappa shape index (κ2) is 24.4. The predicted molar refractivity (Wildman–Crippen MR) is 252 cm³/mol. The number of nitrogens with one attached hydrogen (secondary N) is 3. The van der Waals surface area contributed by atoms with Crippen LogP contribution >= 0.6 is 0 Å². The third kappa shape index (κ3) is 13.9. The molecule has 14 nitrogen and oxygen atoms in total. The molecule has 0 aliphatic heterocycles. The molecule has 5 aromatic rings. The van der Waals surface area contributed by atoms with E-state index in [0.29, 0.717) is 30.8 Å². The van der Waals surface area contributed by atoms with Gasteiger partial charge in [-0.05, 0) is 84.7 Å². The van der Waals surface area contributed by atoms with Gasteiger partial charge >= 0.3 is 5.97 Å². The molecule has 14 heteroatoms. The van der Waals surface area contributed by atoms with E-state index in [0.717, 1.165) is 38.2 Å². The summed E-state index contributed by atoms with van der Waals surface area (Å²) < 4.78 is 18.1. The first-order valence-corrected chi connectivity index (χ1v) is 21.4. The van der Waals surface area contributed by atoms with Gasteiger partial charge in [0, 0.05) is 23.7 Å². The van der Waals surface area contributed by atoms with Crippen molar-refractivity contribution >= 4 is 51.2 Å². The normalized spacial score (nSPS) is 12.8. The molecule has 0 aliphatic rings. The summed E-state index contributed by atoms with van der Waals surface area (Å²) in [5, 5.41) is 12.1. The summed E-state index contributed by atoms with van der Waals surface area (Å²) >= 11 is 0. The largest absolute Gasteiger partial charge is 0.489 e. The summed E-state index contributed by atoms with van der Waals surface area (Å²) in [4.78, 5) is 59.1. The molecule has 0 radical (unpaired) electrons. The summed E-state index contributed by atoms with van der Waals surface area (Å²) in [6, 6.07) is 29.2. The van der Waals surface area contributed by atoms with Crippen molar-refractivity contribution < 1.29 is 33.4 Å². The van der Waals surface area contributed by atoms with E-state index in [1.807, 2.05) is 110 Å². The van der Waals surface area contributed by atoms with E-state index in [1.165, 1.54) is 6.08 Å². The van der Waals surface area contributed by atoms with Crippen molar-refractivity contribution in [3.63, 3.8) is 0 Å². The number of hydrogen-bond donors (Lipinski definition) is 6. The van der Waals surface area contributed by atoms with Crippen molar-refractivity contribution in [2.24, 2.45) is 22.2 Å². The number of nitrogens with two attached hydrogens (primary N) is 3. The maximum Gasteiger partial charge on any atom is 0.329 e. The minimum atomic E-state index is -1.14. The molecule has 3 amide bonds. The molecule has 64 heavy (non-hydrogen) atoms. The zero-order chi connectivity index (χ0) is 45.8. The Bertz CT molecular complexity index is 2420. The number of benzene rings is 5. The van der Waals surface area contributed by atoms with Crippen molar-refractivity contribution in [3.05, 3.63) is 134 Å². The number of esters is 1. The Kier molecular flexibility index (Phi) is 18.3. The molecule has 0 aliphatic carbocycles. The number of hydrogen-bond acceptors (Lipinski definition) is 9. The van der Waals surface area contributed by atoms with Gasteiger partial charge in [0.15, 0.2) is 12.6 Å². The van der Waals surface area contributed by atoms with E-state index >= 15 is 0 Å². The van der Waals surface area contributed by atoms with Gasteiger partial charge in [-0.15, -0.1) is 6.58 Å². The molecule has 0 saturated heterocycles. The average Bonchev–Trinajstić information content (AvgIpc) is 3.29. The predicted octanol–water partition coefficient (Wildman–Crippen LogP) is 5.95. The van der Waals surface area contributed by atoms with Crippen LogP contribution in [0.1, 0.15) is 51.0 Å². The molecular weight excluding hydrogens is 811 g/mol. The van der Waals surface area contributed by atoms with Crippen LogP contribution in [0.25, 0.3) is 32.7 Å². The zero-order valence-electron chi connectivity index (χ0n) is 36.3. The number of nitrogens with zero attached hydrogens (tertiary/aromatic N) is 1. The molecule has 5 rings (SSSR count). The van der Waals surface area contributed by atoms with Crippen LogP contribution in [-0.2, 0) is 30.5 Å². The molecule has 0 bridgehead atoms. The molecule has 0 spiro atoms. The van der Waals surface area contributed by atoms with Crippen LogP contribution in [0.4, 0.5) is 0 Å². The molecule has 336 valence electrons. The van der Waals surface area contributed by atoms with E-state index in [4.69, 9.17) is 31.4 Å². The fourth-order valence-electron chi connectivity index (χ4n) is 7.23. The highest BCUT2D eigenvalue weighted by Gasteiger charge is 2.30. The Labute approximate surface area is 374 Å². The first-order valence-electron chi connectivity index (χ1n) is 21.4. The van der Waals surface area contributed by atoms with Crippen LogP contribution in [0.5, 0.6) is 11.5 Å². The number of carbonyl (C=O) groups is 4. The van der Waals surface area contributed by atoms with Crippen molar-refractivity contribution in [1.29, 1.82) is 0 Å². The third-order valence-electron chi connectivity index (χ3n) is 10.4. The van der Waals surface area contributed by atoms with Gasteiger partial charge in [-0.2, -0.15) is 0 Å². The van der Waals surface area contributed by atoms with Crippen LogP contribution < -0.4 is 42.6 Å². The third-order valence-corrected chi connectivity index (χ3v) is 10.4. The van der Waals surface area contributed by atoms with E-state index in [9.17, 15) is 19.2 Å². The van der Waals surface area contributed by atoms with Gasteiger partial charge in [0.05, 0.1) is 0 Å². The number of carbonyl (C=O) groups excluding carboxylic acids is 4. The Balaban J connectivity index is 1.37. The quantitative estimate of drug-likeness (QED) is 0.0133. The van der Waals surface area contributed by atoms with E-state index in [-0.39, 0.29) is 51.0 Å². The highest BCUT2D eigenvalue weighted by atomic mass is 16.5. The fraction of sp³-hybridized carbons (Fsp3) is 0.300. The van der Waals surface area contributed by atoms with Gasteiger partial charge in [-0.25, -0.2) is 4.79 Å². The van der Waals surface area contributed by atoms with Gasteiger partial charge in [-0.3, -0.25) is 19.4 Å². The summed E-state index contributed by atoms with van der Waals surface area (Å²) in [6.07, 6.45) is 4.95. The average molecular weight is 870 g/mol. The lowest BCUT2D eigenvalue weighted by atomic mass is 9.92. The minimum absolute atomic E-state index is 0.00486. The topological polar surface area (TPSA) is 222 Å². The summed E-state index contributed by atoms with van der Waals surface area (Å²) in [6.45, 7) is 9.43. The number of guanidine groups is 1. The second-order valence-corrected chi connectivity index (χ2v) is 15.4. The van der Waals surface area contributed by atoms with E-state index < -0.39 is 48.4 Å². The number of aliphatic imine (C=N–C) groups is 1. The lowest BCUT2D eigenvalue weighted by Crippen LogP contribution is -2.56. The lowest BCUT2D eigenvalue weighted by Gasteiger charge is -2.25. The van der Waals surface area contributed by atoms with Gasteiger partial charge < -0.3 is 47.4 Å². The fourth-order valence-corrected chi connectivity index (χ4v) is 7.23. The number of rotatable bonds is 25. The van der Waals surface area contributed by atoms with Crippen LogP contribution in [0, 0.1) is 0 Å². The Morgan fingerprint density at radius 3 is 1.83 bits per heavy atom. The van der Waals surface area contributed by atoms with Crippen molar-refractivity contribution in [1.82, 2.24) is 16.0 Å². The molecule has 0 saturated carbocycles. The van der Waals surface area contributed by atoms with Crippen molar-refractivity contribution in [3.8, 4) is 22.6 Å². The van der Waals surface area contributed by atoms with Crippen LogP contribution in [0.15, 0.2) is 133 Å². The molecule has 0 heterocycles. The molecule has 0 unspecified atom stereocenters. The summed E-state index contributed by atoms with van der Waals surface area (Å²) in [5.41, 5.74) is 19.4. The number of amides is 3. The van der Waals surface area contributed by atoms with Gasteiger partial charge in [0.2, 0.25) is 11.8 Å². The Morgan fingerprint density at radius 2 is 1.23 bits per heavy atom. The molecule has 4 atom stereocenters. The highest BCUT2D eigenvalue weighted by molar-refractivity contribution is 6.10. The standard InChI is InChI=1S/C50H59N7O7/c1-4-15-41(49(61)64-31-34-17-7-6-8-18-34)57-48(60)40(24-14-29-54-50(52)53)56-47(59)39(23-13-16-33(3)51)55-44(58)32-63-43-28-26-36-20-10-12-22-38(36)46(43)45-37-21-11-9-19-35(37)25-27-42(45)62-30-5-2/h4-12,17-22,25-28,33,39-41H,1-2,13-16,23-24,29-32,51H2,3H3,(H,55,58)(H,56,59)(H,57,60)(H4,52,53,54)/t33-,39+,40+,41-/m0/s1. The maximum atomic E-state index is 14.1. The van der Waals surface area contributed by atoms with Crippen molar-refractivity contribution in [2.75, 3.05) is 19.8 Å². The Morgan fingerprint density at radius 1 is 0.672 bits per heavy atom.